The van der Waals surface area contributed by atoms with Gasteiger partial charge in [-0.05, 0) is 44.4 Å². The van der Waals surface area contributed by atoms with Crippen LogP contribution in [0.2, 0.25) is 0 Å². The van der Waals surface area contributed by atoms with Crippen molar-refractivity contribution in [3.05, 3.63) is 58.4 Å². The molecular weight excluding hydrogens is 308 g/mol. The Morgan fingerprint density at radius 2 is 1.96 bits per heavy atom. The molecule has 24 heavy (non-hydrogen) atoms. The number of hydrogen-bond donors (Lipinski definition) is 0. The lowest BCUT2D eigenvalue weighted by molar-refractivity contribution is -0.388. The molecule has 7 nitrogen and oxygen atoms in total. The molecule has 0 aliphatic rings. The molecule has 1 heterocycles. The summed E-state index contributed by atoms with van der Waals surface area (Å²) in [6.07, 6.45) is 1.45. The van der Waals surface area contributed by atoms with Gasteiger partial charge in [0.05, 0.1) is 7.11 Å². The molecule has 3 aromatic rings. The maximum atomic E-state index is 11.1. The van der Waals surface area contributed by atoms with E-state index >= 15 is 0 Å². The van der Waals surface area contributed by atoms with E-state index in [-0.39, 0.29) is 5.82 Å². The van der Waals surface area contributed by atoms with Crippen molar-refractivity contribution in [1.29, 1.82) is 0 Å². The second-order valence-corrected chi connectivity index (χ2v) is 5.66. The molecule has 0 aliphatic carbocycles. The van der Waals surface area contributed by atoms with E-state index in [1.54, 1.807) is 18.7 Å². The quantitative estimate of drug-likeness (QED) is 0.532. The van der Waals surface area contributed by atoms with Gasteiger partial charge >= 0.3 is 5.82 Å². The smallest absolute Gasteiger partial charge is 0.406 e. The molecular formula is C17H18N4O3. The van der Waals surface area contributed by atoms with Crippen molar-refractivity contribution in [3.8, 4) is 5.75 Å². The molecule has 0 radical (unpaired) electrons. The van der Waals surface area contributed by atoms with Gasteiger partial charge in [-0.15, -0.1) is 0 Å². The first-order valence-corrected chi connectivity index (χ1v) is 7.43. The number of rotatable bonds is 5. The number of methoxy groups -OCH3 is 1. The molecule has 0 saturated heterocycles. The SMILES string of the molecule is COc1ccc2cc(CN(C)c3c([N+](=O)[O-])ncn3C)ccc2c1. The van der Waals surface area contributed by atoms with Crippen molar-refractivity contribution in [2.75, 3.05) is 19.1 Å². The zero-order valence-corrected chi connectivity index (χ0v) is 13.8. The Morgan fingerprint density at radius 3 is 2.67 bits per heavy atom. The second kappa shape index (κ2) is 6.19. The second-order valence-electron chi connectivity index (χ2n) is 5.66. The standard InChI is InChI=1S/C17H18N4O3/c1-19(17-16(21(22)23)18-11-20(17)2)10-12-4-5-14-9-15(24-3)7-6-13(14)8-12/h4-9,11H,10H2,1-3H3. The summed E-state index contributed by atoms with van der Waals surface area (Å²) in [6.45, 7) is 0.544. The number of anilines is 1. The molecule has 0 saturated carbocycles. The summed E-state index contributed by atoms with van der Waals surface area (Å²) in [7, 11) is 5.21. The lowest BCUT2D eigenvalue weighted by Crippen LogP contribution is -2.20. The number of nitrogens with zero attached hydrogens (tertiary/aromatic N) is 4. The van der Waals surface area contributed by atoms with Gasteiger partial charge in [0.15, 0.2) is 0 Å². The predicted octanol–water partition coefficient (Wildman–Crippen LogP) is 3.13. The number of aromatic nitrogens is 2. The maximum absolute atomic E-state index is 11.1. The highest BCUT2D eigenvalue weighted by molar-refractivity contribution is 5.84. The van der Waals surface area contributed by atoms with E-state index in [2.05, 4.69) is 11.1 Å². The van der Waals surface area contributed by atoms with Crippen LogP contribution in [0.15, 0.2) is 42.7 Å². The summed E-state index contributed by atoms with van der Waals surface area (Å²) >= 11 is 0. The fourth-order valence-corrected chi connectivity index (χ4v) is 2.83. The number of nitro groups is 1. The molecule has 124 valence electrons. The van der Waals surface area contributed by atoms with Crippen LogP contribution < -0.4 is 9.64 Å². The van der Waals surface area contributed by atoms with Crippen LogP contribution in [-0.4, -0.2) is 28.6 Å². The van der Waals surface area contributed by atoms with E-state index in [0.717, 1.165) is 22.1 Å². The van der Waals surface area contributed by atoms with Crippen molar-refractivity contribution >= 4 is 22.4 Å². The Bertz CT molecular complexity index is 904. The summed E-state index contributed by atoms with van der Waals surface area (Å²) in [6, 6.07) is 12.0. The summed E-state index contributed by atoms with van der Waals surface area (Å²) < 4.78 is 6.89. The van der Waals surface area contributed by atoms with Gasteiger partial charge in [-0.3, -0.25) is 4.57 Å². The minimum atomic E-state index is -0.460. The Hall–Kier alpha value is -3.09. The van der Waals surface area contributed by atoms with Crippen LogP contribution in [-0.2, 0) is 13.6 Å². The third-order valence-electron chi connectivity index (χ3n) is 3.95. The van der Waals surface area contributed by atoms with Crippen LogP contribution in [0.25, 0.3) is 10.8 Å². The first kappa shape index (κ1) is 15.8. The molecule has 0 atom stereocenters. The molecule has 0 amide bonds. The number of fused-ring (bicyclic) bond motifs is 1. The number of ether oxygens (including phenoxy) is 1. The van der Waals surface area contributed by atoms with Crippen LogP contribution in [0.1, 0.15) is 5.56 Å². The van der Waals surface area contributed by atoms with E-state index in [9.17, 15) is 10.1 Å². The van der Waals surface area contributed by atoms with E-state index in [0.29, 0.717) is 12.4 Å². The first-order chi connectivity index (χ1) is 11.5. The predicted molar refractivity (Wildman–Crippen MR) is 92.5 cm³/mol. The van der Waals surface area contributed by atoms with Crippen molar-refractivity contribution in [2.45, 2.75) is 6.54 Å². The molecule has 7 heteroatoms. The summed E-state index contributed by atoms with van der Waals surface area (Å²) in [5.41, 5.74) is 1.06. The van der Waals surface area contributed by atoms with Gasteiger partial charge in [-0.25, -0.2) is 0 Å². The minimum absolute atomic E-state index is 0.134. The van der Waals surface area contributed by atoms with Gasteiger partial charge in [-0.1, -0.05) is 18.2 Å². The maximum Gasteiger partial charge on any atom is 0.406 e. The van der Waals surface area contributed by atoms with Crippen LogP contribution >= 0.6 is 0 Å². The highest BCUT2D eigenvalue weighted by Crippen LogP contribution is 2.27. The summed E-state index contributed by atoms with van der Waals surface area (Å²) in [5, 5.41) is 13.3. The fourth-order valence-electron chi connectivity index (χ4n) is 2.83. The highest BCUT2D eigenvalue weighted by atomic mass is 16.6. The van der Waals surface area contributed by atoms with E-state index in [4.69, 9.17) is 4.74 Å². The van der Waals surface area contributed by atoms with Crippen LogP contribution in [0, 0.1) is 10.1 Å². The van der Waals surface area contributed by atoms with Crippen molar-refractivity contribution in [3.63, 3.8) is 0 Å². The zero-order chi connectivity index (χ0) is 17.3. The summed E-state index contributed by atoms with van der Waals surface area (Å²) in [5.74, 6) is 1.17. The van der Waals surface area contributed by atoms with E-state index < -0.39 is 4.92 Å². The van der Waals surface area contributed by atoms with Gasteiger partial charge in [0.2, 0.25) is 12.1 Å². The molecule has 0 N–H and O–H groups in total. The monoisotopic (exact) mass is 326 g/mol. The Kier molecular flexibility index (Phi) is 4.07. The van der Waals surface area contributed by atoms with Gasteiger partial charge in [0, 0.05) is 20.6 Å². The minimum Gasteiger partial charge on any atom is -0.497 e. The lowest BCUT2D eigenvalue weighted by Gasteiger charge is -2.18. The Balaban J connectivity index is 1.89. The number of aryl methyl sites for hydroxylation is 1. The van der Waals surface area contributed by atoms with Crippen LogP contribution in [0.3, 0.4) is 0 Å². The number of imidazole rings is 1. The number of hydrogen-bond acceptors (Lipinski definition) is 5. The average molecular weight is 326 g/mol. The Morgan fingerprint density at radius 1 is 1.25 bits per heavy atom. The van der Waals surface area contributed by atoms with Crippen molar-refractivity contribution in [1.82, 2.24) is 9.55 Å². The topological polar surface area (TPSA) is 73.4 Å². The van der Waals surface area contributed by atoms with Gasteiger partial charge in [0.1, 0.15) is 5.75 Å². The van der Waals surface area contributed by atoms with Crippen molar-refractivity contribution in [2.24, 2.45) is 7.05 Å². The van der Waals surface area contributed by atoms with Gasteiger partial charge < -0.3 is 19.8 Å². The van der Waals surface area contributed by atoms with Gasteiger partial charge in [0.25, 0.3) is 0 Å². The molecule has 2 aromatic carbocycles. The van der Waals surface area contributed by atoms with E-state index in [1.807, 2.05) is 42.3 Å². The molecule has 1 aromatic heterocycles. The molecule has 0 aliphatic heterocycles. The zero-order valence-electron chi connectivity index (χ0n) is 13.8. The van der Waals surface area contributed by atoms with Gasteiger partial charge in [-0.2, -0.15) is 0 Å². The molecule has 0 bridgehead atoms. The lowest BCUT2D eigenvalue weighted by atomic mass is 10.1. The van der Waals surface area contributed by atoms with E-state index in [1.165, 1.54) is 6.33 Å². The number of benzene rings is 2. The molecule has 0 unspecified atom stereocenters. The largest absolute Gasteiger partial charge is 0.497 e. The highest BCUT2D eigenvalue weighted by Gasteiger charge is 2.23. The third kappa shape index (κ3) is 2.88. The average Bonchev–Trinajstić information content (AvgIpc) is 2.96. The van der Waals surface area contributed by atoms with Crippen LogP contribution in [0.5, 0.6) is 5.75 Å². The first-order valence-electron chi connectivity index (χ1n) is 7.43. The Labute approximate surface area is 139 Å². The molecule has 3 rings (SSSR count). The van der Waals surface area contributed by atoms with Crippen LogP contribution in [0.4, 0.5) is 11.6 Å². The third-order valence-corrected chi connectivity index (χ3v) is 3.95. The van der Waals surface area contributed by atoms with Crippen molar-refractivity contribution < 1.29 is 9.66 Å². The normalized spacial score (nSPS) is 10.8. The summed E-state index contributed by atoms with van der Waals surface area (Å²) in [4.78, 5) is 16.3. The molecule has 0 fully saturated rings. The molecule has 0 spiro atoms. The fraction of sp³-hybridized carbons (Fsp3) is 0.235.